The zero-order chi connectivity index (χ0) is 16.2. The third kappa shape index (κ3) is 4.30. The van der Waals surface area contributed by atoms with Crippen LogP contribution in [0.25, 0.3) is 11.1 Å². The van der Waals surface area contributed by atoms with Gasteiger partial charge in [-0.05, 0) is 54.8 Å². The molecule has 3 nitrogen and oxygen atoms in total. The van der Waals surface area contributed by atoms with Crippen LogP contribution in [0.2, 0.25) is 0 Å². The third-order valence-corrected chi connectivity index (χ3v) is 4.06. The van der Waals surface area contributed by atoms with Crippen molar-refractivity contribution in [1.82, 2.24) is 10.6 Å². The van der Waals surface area contributed by atoms with E-state index in [9.17, 15) is 13.6 Å². The highest BCUT2D eigenvalue weighted by atomic mass is 35.5. The maximum Gasteiger partial charge on any atom is 0.254 e. The summed E-state index contributed by atoms with van der Waals surface area (Å²) in [4.78, 5) is 12.1. The van der Waals surface area contributed by atoms with Gasteiger partial charge in [0.15, 0.2) is 0 Å². The highest BCUT2D eigenvalue weighted by Crippen LogP contribution is 2.22. The number of carbonyl (C=O) groups excluding carboxylic acids is 1. The number of nitrogens with one attached hydrogen (secondary N) is 2. The average molecular weight is 353 g/mol. The molecule has 0 aliphatic carbocycles. The van der Waals surface area contributed by atoms with Gasteiger partial charge in [0, 0.05) is 12.6 Å². The Hall–Kier alpha value is -1.98. The van der Waals surface area contributed by atoms with Gasteiger partial charge in [0.25, 0.3) is 5.91 Å². The molecule has 2 N–H and O–H groups in total. The fraction of sp³-hybridized carbons (Fsp3) is 0.278. The van der Waals surface area contributed by atoms with E-state index in [0.29, 0.717) is 17.7 Å². The molecular weight excluding hydrogens is 334 g/mol. The van der Waals surface area contributed by atoms with Gasteiger partial charge in [0.2, 0.25) is 0 Å². The molecule has 1 amide bonds. The Balaban J connectivity index is 0.00000208. The van der Waals surface area contributed by atoms with Crippen LogP contribution in [-0.2, 0) is 0 Å². The first-order chi connectivity index (χ1) is 11.1. The predicted molar refractivity (Wildman–Crippen MR) is 92.4 cm³/mol. The first-order valence-corrected chi connectivity index (χ1v) is 7.70. The molecule has 2 aromatic carbocycles. The van der Waals surface area contributed by atoms with Crippen LogP contribution in [0, 0.1) is 11.6 Å². The molecule has 0 saturated carbocycles. The van der Waals surface area contributed by atoms with Crippen LogP contribution < -0.4 is 10.6 Å². The first-order valence-electron chi connectivity index (χ1n) is 7.70. The number of carbonyl (C=O) groups is 1. The van der Waals surface area contributed by atoms with Crippen molar-refractivity contribution in [1.29, 1.82) is 0 Å². The topological polar surface area (TPSA) is 41.1 Å². The summed E-state index contributed by atoms with van der Waals surface area (Å²) in [6.45, 7) is 1.46. The summed E-state index contributed by atoms with van der Waals surface area (Å²) in [5, 5.41) is 6.03. The molecule has 1 saturated heterocycles. The fourth-order valence-electron chi connectivity index (χ4n) is 2.76. The van der Waals surface area contributed by atoms with Crippen LogP contribution in [0.5, 0.6) is 0 Å². The number of rotatable bonds is 4. The van der Waals surface area contributed by atoms with Gasteiger partial charge in [-0.15, -0.1) is 12.4 Å². The molecule has 0 aromatic heterocycles. The number of halogens is 3. The summed E-state index contributed by atoms with van der Waals surface area (Å²) < 4.78 is 27.1. The molecule has 1 fully saturated rings. The molecule has 6 heteroatoms. The van der Waals surface area contributed by atoms with Gasteiger partial charge in [0.05, 0.1) is 5.56 Å². The number of benzene rings is 2. The van der Waals surface area contributed by atoms with Gasteiger partial charge in [-0.2, -0.15) is 0 Å². The summed E-state index contributed by atoms with van der Waals surface area (Å²) in [5.74, 6) is -1.34. The molecular formula is C18H19ClF2N2O. The van der Waals surface area contributed by atoms with Crippen LogP contribution in [0.15, 0.2) is 42.5 Å². The lowest BCUT2D eigenvalue weighted by atomic mass is 10.0. The lowest BCUT2D eigenvalue weighted by molar-refractivity contribution is 0.0946. The Labute approximate surface area is 145 Å². The minimum atomic E-state index is -0.580. The van der Waals surface area contributed by atoms with E-state index in [0.717, 1.165) is 19.4 Å². The maximum atomic E-state index is 14.2. The smallest absolute Gasteiger partial charge is 0.254 e. The van der Waals surface area contributed by atoms with Crippen LogP contribution in [0.4, 0.5) is 8.78 Å². The second-order valence-corrected chi connectivity index (χ2v) is 5.70. The van der Waals surface area contributed by atoms with Gasteiger partial charge in [-0.25, -0.2) is 8.78 Å². The van der Waals surface area contributed by atoms with Gasteiger partial charge in [-0.1, -0.05) is 18.2 Å². The molecule has 2 aromatic rings. The molecule has 1 aliphatic rings. The Morgan fingerprint density at radius 1 is 1.12 bits per heavy atom. The van der Waals surface area contributed by atoms with E-state index in [1.165, 1.54) is 24.3 Å². The molecule has 1 unspecified atom stereocenters. The fourth-order valence-corrected chi connectivity index (χ4v) is 2.76. The van der Waals surface area contributed by atoms with Crippen LogP contribution in [-0.4, -0.2) is 25.0 Å². The summed E-state index contributed by atoms with van der Waals surface area (Å²) >= 11 is 0. The van der Waals surface area contributed by atoms with E-state index in [-0.39, 0.29) is 29.8 Å². The molecule has 0 spiro atoms. The van der Waals surface area contributed by atoms with Crippen molar-refractivity contribution in [3.63, 3.8) is 0 Å². The van der Waals surface area contributed by atoms with Crippen molar-refractivity contribution in [2.45, 2.75) is 18.9 Å². The molecule has 1 aliphatic heterocycles. The standard InChI is InChI=1S/C18H18F2N2O.ClH/c19-14-6-3-12(4-7-14)13-5-8-16(17(20)10-13)18(23)22-11-15-2-1-9-21-15;/h3-8,10,15,21H,1-2,9,11H2,(H,22,23);1H. The molecule has 0 radical (unpaired) electrons. The monoisotopic (exact) mass is 352 g/mol. The Kier molecular flexibility index (Phi) is 6.29. The predicted octanol–water partition coefficient (Wildman–Crippen LogP) is 3.54. The third-order valence-electron chi connectivity index (χ3n) is 4.06. The van der Waals surface area contributed by atoms with Crippen molar-refractivity contribution in [3.05, 3.63) is 59.7 Å². The van der Waals surface area contributed by atoms with Gasteiger partial charge in [0.1, 0.15) is 11.6 Å². The van der Waals surface area contributed by atoms with Gasteiger partial charge >= 0.3 is 0 Å². The van der Waals surface area contributed by atoms with Gasteiger partial charge in [-0.3, -0.25) is 4.79 Å². The Morgan fingerprint density at radius 2 is 1.83 bits per heavy atom. The second kappa shape index (κ2) is 8.22. The largest absolute Gasteiger partial charge is 0.350 e. The summed E-state index contributed by atoms with van der Waals surface area (Å²) in [6.07, 6.45) is 2.12. The normalized spacial score (nSPS) is 16.5. The average Bonchev–Trinajstić information content (AvgIpc) is 3.06. The van der Waals surface area contributed by atoms with Crippen LogP contribution in [0.1, 0.15) is 23.2 Å². The Morgan fingerprint density at radius 3 is 2.46 bits per heavy atom. The highest BCUT2D eigenvalue weighted by Gasteiger charge is 2.17. The van der Waals surface area contributed by atoms with E-state index in [1.807, 2.05) is 0 Å². The minimum Gasteiger partial charge on any atom is -0.350 e. The molecule has 0 bridgehead atoms. The maximum absolute atomic E-state index is 14.2. The van der Waals surface area contributed by atoms with E-state index in [2.05, 4.69) is 10.6 Å². The molecule has 3 rings (SSSR count). The molecule has 1 heterocycles. The van der Waals surface area contributed by atoms with Crippen molar-refractivity contribution >= 4 is 18.3 Å². The van der Waals surface area contributed by atoms with E-state index in [1.54, 1.807) is 18.2 Å². The highest BCUT2D eigenvalue weighted by molar-refractivity contribution is 5.95. The molecule has 24 heavy (non-hydrogen) atoms. The summed E-state index contributed by atoms with van der Waals surface area (Å²) in [6, 6.07) is 10.5. The van der Waals surface area contributed by atoms with Gasteiger partial charge < -0.3 is 10.6 Å². The summed E-state index contributed by atoms with van der Waals surface area (Å²) in [5.41, 5.74) is 1.33. The number of amides is 1. The van der Waals surface area contributed by atoms with Crippen molar-refractivity contribution in [3.8, 4) is 11.1 Å². The minimum absolute atomic E-state index is 0. The number of hydrogen-bond donors (Lipinski definition) is 2. The molecule has 128 valence electrons. The molecule has 1 atom stereocenters. The zero-order valence-electron chi connectivity index (χ0n) is 13.0. The van der Waals surface area contributed by atoms with E-state index >= 15 is 0 Å². The summed E-state index contributed by atoms with van der Waals surface area (Å²) in [7, 11) is 0. The SMILES string of the molecule is Cl.O=C(NCC1CCCN1)c1ccc(-c2ccc(F)cc2)cc1F. The Bertz CT molecular complexity index is 701. The van der Waals surface area contributed by atoms with Crippen LogP contribution in [0.3, 0.4) is 0 Å². The van der Waals surface area contributed by atoms with Crippen molar-refractivity contribution in [2.75, 3.05) is 13.1 Å². The van der Waals surface area contributed by atoms with Crippen molar-refractivity contribution < 1.29 is 13.6 Å². The lowest BCUT2D eigenvalue weighted by Crippen LogP contribution is -2.37. The van der Waals surface area contributed by atoms with E-state index < -0.39 is 11.7 Å². The quantitative estimate of drug-likeness (QED) is 0.883. The zero-order valence-corrected chi connectivity index (χ0v) is 13.8. The first kappa shape index (κ1) is 18.4. The number of hydrogen-bond acceptors (Lipinski definition) is 2. The van der Waals surface area contributed by atoms with Crippen LogP contribution >= 0.6 is 12.4 Å². The van der Waals surface area contributed by atoms with Crippen molar-refractivity contribution in [2.24, 2.45) is 0 Å². The second-order valence-electron chi connectivity index (χ2n) is 5.70. The van der Waals surface area contributed by atoms with E-state index in [4.69, 9.17) is 0 Å². The lowest BCUT2D eigenvalue weighted by Gasteiger charge is -2.12.